The molecular weight excluding hydrogens is 623 g/mol. The first-order valence-electron chi connectivity index (χ1n) is 15.1. The number of hydrogen-bond acceptors (Lipinski definition) is 5. The van der Waals surface area contributed by atoms with Gasteiger partial charge in [-0.3, -0.25) is 18.9 Å². The summed E-state index contributed by atoms with van der Waals surface area (Å²) < 4.78 is 40.4. The van der Waals surface area contributed by atoms with E-state index in [0.29, 0.717) is 42.3 Å². The molecule has 1 aromatic heterocycles. The van der Waals surface area contributed by atoms with Gasteiger partial charge in [-0.15, -0.1) is 11.3 Å². The van der Waals surface area contributed by atoms with Crippen LogP contribution in [0.3, 0.4) is 0 Å². The molecule has 2 aromatic carbocycles. The van der Waals surface area contributed by atoms with E-state index in [4.69, 9.17) is 9.79 Å². The van der Waals surface area contributed by atoms with E-state index >= 15 is 0 Å². The van der Waals surface area contributed by atoms with Gasteiger partial charge >= 0.3 is 13.3 Å². The molecule has 3 aliphatic rings. The number of benzene rings is 2. The molecule has 0 spiro atoms. The number of alkyl halides is 2. The van der Waals surface area contributed by atoms with Gasteiger partial charge < -0.3 is 25.3 Å². The van der Waals surface area contributed by atoms with Gasteiger partial charge in [0.15, 0.2) is 0 Å². The molecule has 0 bridgehead atoms. The van der Waals surface area contributed by atoms with Gasteiger partial charge in [-0.1, -0.05) is 50.2 Å². The van der Waals surface area contributed by atoms with Crippen molar-refractivity contribution in [3.8, 4) is 0 Å². The van der Waals surface area contributed by atoms with Gasteiger partial charge in [-0.05, 0) is 73.1 Å². The van der Waals surface area contributed by atoms with Crippen molar-refractivity contribution in [2.45, 2.75) is 75.2 Å². The number of halogens is 2. The highest BCUT2D eigenvalue weighted by molar-refractivity contribution is 7.52. The third-order valence-electron chi connectivity index (χ3n) is 9.56. The van der Waals surface area contributed by atoms with Gasteiger partial charge in [0.1, 0.15) is 12.1 Å². The van der Waals surface area contributed by atoms with Gasteiger partial charge in [0, 0.05) is 28.3 Å². The lowest BCUT2D eigenvalue weighted by Crippen LogP contribution is -2.57. The van der Waals surface area contributed by atoms with E-state index in [9.17, 15) is 27.7 Å². The molecule has 0 unspecified atom stereocenters. The zero-order valence-electron chi connectivity index (χ0n) is 24.9. The van der Waals surface area contributed by atoms with Crippen LogP contribution in [0.5, 0.6) is 0 Å². The normalized spacial score (nSPS) is 25.2. The van der Waals surface area contributed by atoms with Gasteiger partial charge in [0.2, 0.25) is 11.8 Å². The van der Waals surface area contributed by atoms with E-state index < -0.39 is 36.8 Å². The summed E-state index contributed by atoms with van der Waals surface area (Å²) in [7, 11) is -5.75. The third-order valence-corrected chi connectivity index (χ3v) is 11.7. The molecule has 1 aliphatic carbocycles. The number of carbonyl (C=O) groups excluding carboxylic acids is 3. The zero-order chi connectivity index (χ0) is 32.3. The Hall–Kier alpha value is -3.18. The van der Waals surface area contributed by atoms with Crippen LogP contribution in [0.2, 0.25) is 0 Å². The second-order valence-electron chi connectivity index (χ2n) is 13.2. The van der Waals surface area contributed by atoms with Crippen molar-refractivity contribution in [2.75, 3.05) is 6.54 Å². The Morgan fingerprint density at radius 3 is 2.42 bits per heavy atom. The van der Waals surface area contributed by atoms with Crippen molar-refractivity contribution in [3.63, 3.8) is 0 Å². The van der Waals surface area contributed by atoms with Crippen molar-refractivity contribution in [3.05, 3.63) is 70.6 Å². The van der Waals surface area contributed by atoms with Crippen molar-refractivity contribution >= 4 is 46.7 Å². The Balaban J connectivity index is 1.18. The van der Waals surface area contributed by atoms with Crippen LogP contribution in [-0.2, 0) is 25.2 Å². The van der Waals surface area contributed by atoms with Crippen LogP contribution in [0.15, 0.2) is 54.6 Å². The predicted molar refractivity (Wildman–Crippen MR) is 166 cm³/mol. The maximum atomic E-state index is 14.3. The number of fused-ring (bicyclic) bond motifs is 3. The summed E-state index contributed by atoms with van der Waals surface area (Å²) in [5, 5.41) is 6.17. The van der Waals surface area contributed by atoms with Crippen LogP contribution in [0.1, 0.15) is 66.8 Å². The van der Waals surface area contributed by atoms with Crippen molar-refractivity contribution < 1.29 is 37.5 Å². The van der Waals surface area contributed by atoms with Crippen LogP contribution in [0, 0.1) is 11.8 Å². The number of nitrogens with one attached hydrogen (secondary N) is 2. The number of amides is 3. The quantitative estimate of drug-likeness (QED) is 0.248. The number of rotatable bonds is 8. The first-order chi connectivity index (χ1) is 21.2. The van der Waals surface area contributed by atoms with Crippen LogP contribution in [0.25, 0.3) is 10.1 Å². The van der Waals surface area contributed by atoms with E-state index in [-0.39, 0.29) is 33.5 Å². The van der Waals surface area contributed by atoms with Gasteiger partial charge in [0.25, 0.3) is 5.91 Å². The summed E-state index contributed by atoms with van der Waals surface area (Å²) in [4.78, 5) is 61.1. The SMILES string of the molecule is CC(C)(CNC(=O)[C@@H]1CC[C@@H]2C[C@@H]3C[C@@H]3C[C@H](NC(=O)c3cc4cc(C(F)(F)P(=O)(O)O)ccc4s3)C(=O)N21)c1ccccc1. The minimum absolute atomic E-state index is 0.0801. The third kappa shape index (κ3) is 6.17. The molecule has 5 atom stereocenters. The molecule has 13 heteroatoms. The van der Waals surface area contributed by atoms with Crippen molar-refractivity contribution in [2.24, 2.45) is 11.8 Å². The first kappa shape index (κ1) is 31.8. The van der Waals surface area contributed by atoms with E-state index in [0.717, 1.165) is 41.9 Å². The summed E-state index contributed by atoms with van der Waals surface area (Å²) in [6.07, 6.45) is 3.52. The minimum atomic E-state index is -5.75. The van der Waals surface area contributed by atoms with Crippen LogP contribution in [0.4, 0.5) is 8.78 Å². The highest BCUT2D eigenvalue weighted by Gasteiger charge is 2.52. The summed E-state index contributed by atoms with van der Waals surface area (Å²) >= 11 is 1.03. The van der Waals surface area contributed by atoms with E-state index in [1.54, 1.807) is 4.90 Å². The maximum absolute atomic E-state index is 14.3. The smallest absolute Gasteiger partial charge is 0.353 e. The molecular formula is C32H36F2N3O6PS. The second-order valence-corrected chi connectivity index (χ2v) is 15.9. The highest BCUT2D eigenvalue weighted by atomic mass is 32.1. The molecule has 4 N–H and O–H groups in total. The number of hydrogen-bond donors (Lipinski definition) is 4. The molecule has 45 heavy (non-hydrogen) atoms. The summed E-state index contributed by atoms with van der Waals surface area (Å²) in [5.41, 5.74) is -4.44. The lowest BCUT2D eigenvalue weighted by molar-refractivity contribution is -0.142. The average Bonchev–Trinajstić information content (AvgIpc) is 3.36. The molecule has 0 radical (unpaired) electrons. The highest BCUT2D eigenvalue weighted by Crippen LogP contribution is 2.59. The zero-order valence-corrected chi connectivity index (χ0v) is 26.6. The van der Waals surface area contributed by atoms with Gasteiger partial charge in [0.05, 0.1) is 4.88 Å². The second kappa shape index (κ2) is 11.6. The van der Waals surface area contributed by atoms with E-state index in [2.05, 4.69) is 24.5 Å². The average molecular weight is 660 g/mol. The fourth-order valence-corrected chi connectivity index (χ4v) is 8.23. The minimum Gasteiger partial charge on any atom is -0.353 e. The first-order valence-corrected chi connectivity index (χ1v) is 17.5. The summed E-state index contributed by atoms with van der Waals surface area (Å²) in [6, 6.07) is 12.9. The van der Waals surface area contributed by atoms with Gasteiger partial charge in [-0.2, -0.15) is 8.78 Å². The summed E-state index contributed by atoms with van der Waals surface area (Å²) in [6.45, 7) is 4.51. The molecule has 6 rings (SSSR count). The van der Waals surface area contributed by atoms with Crippen LogP contribution in [-0.4, -0.2) is 57.1 Å². The molecule has 1 saturated carbocycles. The van der Waals surface area contributed by atoms with Crippen molar-refractivity contribution in [1.29, 1.82) is 0 Å². The monoisotopic (exact) mass is 659 g/mol. The molecule has 3 fully saturated rings. The molecule has 2 saturated heterocycles. The molecule has 3 aromatic rings. The largest absolute Gasteiger partial charge is 0.399 e. The number of carbonyl (C=O) groups is 3. The Kier molecular flexibility index (Phi) is 8.17. The van der Waals surface area contributed by atoms with Crippen LogP contribution < -0.4 is 10.6 Å². The summed E-state index contributed by atoms with van der Waals surface area (Å²) in [5.74, 6) is -0.302. The maximum Gasteiger partial charge on any atom is 0.399 e. The molecule has 2 aliphatic heterocycles. The van der Waals surface area contributed by atoms with Crippen LogP contribution >= 0.6 is 18.9 Å². The lowest BCUT2D eigenvalue weighted by atomic mass is 9.84. The topological polar surface area (TPSA) is 136 Å². The molecule has 3 amide bonds. The number of nitrogens with zero attached hydrogens (tertiary/aromatic N) is 1. The molecule has 3 heterocycles. The Bertz CT molecular complexity index is 1690. The van der Waals surface area contributed by atoms with E-state index in [1.807, 2.05) is 30.3 Å². The van der Waals surface area contributed by atoms with Crippen molar-refractivity contribution in [1.82, 2.24) is 15.5 Å². The predicted octanol–water partition coefficient (Wildman–Crippen LogP) is 5.11. The van der Waals surface area contributed by atoms with E-state index in [1.165, 1.54) is 12.1 Å². The fraction of sp³-hybridized carbons (Fsp3) is 0.469. The fourth-order valence-electron chi connectivity index (χ4n) is 6.80. The Morgan fingerprint density at radius 2 is 1.71 bits per heavy atom. The Morgan fingerprint density at radius 1 is 1.00 bits per heavy atom. The molecule has 240 valence electrons. The number of thiophene rings is 1. The molecule has 9 nitrogen and oxygen atoms in total. The lowest BCUT2D eigenvalue weighted by Gasteiger charge is -2.35. The van der Waals surface area contributed by atoms with Gasteiger partial charge in [-0.25, -0.2) is 0 Å². The Labute approximate surface area is 263 Å². The standard InChI is InChI=1S/C32H36F2N3O6PS/c1-31(2,21-6-4-3-5-7-21)17-35-28(38)25-10-9-23-14-18-12-19(18)15-24(30(40)37(23)25)36-29(39)27-16-20-13-22(8-11-26(20)45-27)32(33,34)44(41,42)43/h3-8,11,13,16,18-19,23-25H,9-10,12,14-15,17H2,1-2H3,(H,35,38)(H,36,39)(H2,41,42,43)/t18-,19+,23+,24-,25-/m0/s1.